The maximum absolute atomic E-state index is 13.2. The van der Waals surface area contributed by atoms with Crippen molar-refractivity contribution in [3.63, 3.8) is 0 Å². The third-order valence-electron chi connectivity index (χ3n) is 4.59. The molecule has 0 saturated heterocycles. The van der Waals surface area contributed by atoms with Gasteiger partial charge in [-0.3, -0.25) is 9.78 Å². The molecule has 3 aromatic rings. The summed E-state index contributed by atoms with van der Waals surface area (Å²) in [6.07, 6.45) is 3.25. The SMILES string of the molecule is CCOc1ccc(CC(=O)NCC(c2cccnc2)S(=O)(=O)c2ccccc2)cc1. The quantitative estimate of drug-likeness (QED) is 0.569. The fourth-order valence-electron chi connectivity index (χ4n) is 3.07. The van der Waals surface area contributed by atoms with Crippen molar-refractivity contribution in [1.29, 1.82) is 0 Å². The molecule has 1 aromatic heterocycles. The topological polar surface area (TPSA) is 85.4 Å². The van der Waals surface area contributed by atoms with Gasteiger partial charge in [0.05, 0.1) is 17.9 Å². The zero-order valence-electron chi connectivity index (χ0n) is 16.7. The Kier molecular flexibility index (Phi) is 7.19. The molecular weight excluding hydrogens is 400 g/mol. The van der Waals surface area contributed by atoms with Gasteiger partial charge < -0.3 is 10.1 Å². The highest BCUT2D eigenvalue weighted by Gasteiger charge is 2.29. The van der Waals surface area contributed by atoms with Crippen LogP contribution in [0.15, 0.2) is 84.0 Å². The number of carbonyl (C=O) groups is 1. The summed E-state index contributed by atoms with van der Waals surface area (Å²) in [5, 5.41) is 1.84. The second-order valence-corrected chi connectivity index (χ2v) is 8.82. The molecule has 1 N–H and O–H groups in total. The lowest BCUT2D eigenvalue weighted by Crippen LogP contribution is -2.33. The van der Waals surface area contributed by atoms with E-state index in [1.807, 2.05) is 31.2 Å². The Morgan fingerprint density at radius 3 is 2.40 bits per heavy atom. The monoisotopic (exact) mass is 424 g/mol. The van der Waals surface area contributed by atoms with Crippen LogP contribution in [0.5, 0.6) is 5.75 Å². The predicted molar refractivity (Wildman–Crippen MR) is 115 cm³/mol. The van der Waals surface area contributed by atoms with Crippen LogP contribution < -0.4 is 10.1 Å². The van der Waals surface area contributed by atoms with Gasteiger partial charge >= 0.3 is 0 Å². The third kappa shape index (κ3) is 5.45. The van der Waals surface area contributed by atoms with Crippen molar-refractivity contribution in [2.24, 2.45) is 0 Å². The van der Waals surface area contributed by atoms with Crippen molar-refractivity contribution in [2.75, 3.05) is 13.2 Å². The highest BCUT2D eigenvalue weighted by atomic mass is 32.2. The van der Waals surface area contributed by atoms with Crippen LogP contribution >= 0.6 is 0 Å². The zero-order valence-corrected chi connectivity index (χ0v) is 17.5. The number of carbonyl (C=O) groups excluding carboxylic acids is 1. The lowest BCUT2D eigenvalue weighted by Gasteiger charge is -2.19. The minimum atomic E-state index is -3.71. The minimum Gasteiger partial charge on any atom is -0.494 e. The summed E-state index contributed by atoms with van der Waals surface area (Å²) in [6, 6.07) is 18.9. The molecule has 1 amide bonds. The second kappa shape index (κ2) is 10.0. The minimum absolute atomic E-state index is 0.0429. The highest BCUT2D eigenvalue weighted by molar-refractivity contribution is 7.91. The molecule has 0 spiro atoms. The molecule has 0 fully saturated rings. The molecule has 7 heteroatoms. The van der Waals surface area contributed by atoms with Gasteiger partial charge in [-0.05, 0) is 48.4 Å². The molecule has 3 rings (SSSR count). The summed E-state index contributed by atoms with van der Waals surface area (Å²) in [5.74, 6) is 0.489. The number of aromatic nitrogens is 1. The third-order valence-corrected chi connectivity index (χ3v) is 6.70. The summed E-state index contributed by atoms with van der Waals surface area (Å²) in [7, 11) is -3.71. The van der Waals surface area contributed by atoms with Gasteiger partial charge in [0.25, 0.3) is 0 Å². The van der Waals surface area contributed by atoms with Crippen LogP contribution in [0.25, 0.3) is 0 Å². The Bertz CT molecular complexity index is 1050. The van der Waals surface area contributed by atoms with E-state index >= 15 is 0 Å². The molecular formula is C23H24N2O4S. The first-order valence-corrected chi connectivity index (χ1v) is 11.2. The molecule has 0 bridgehead atoms. The van der Waals surface area contributed by atoms with Crippen LogP contribution in [0, 0.1) is 0 Å². The Labute approximate surface area is 176 Å². The Balaban J connectivity index is 1.73. The summed E-state index contributed by atoms with van der Waals surface area (Å²) in [6.45, 7) is 2.44. The summed E-state index contributed by atoms with van der Waals surface area (Å²) < 4.78 is 31.8. The molecule has 0 saturated carbocycles. The summed E-state index contributed by atoms with van der Waals surface area (Å²) in [5.41, 5.74) is 1.35. The molecule has 30 heavy (non-hydrogen) atoms. The van der Waals surface area contributed by atoms with E-state index in [9.17, 15) is 13.2 Å². The van der Waals surface area contributed by atoms with Gasteiger partial charge in [-0.1, -0.05) is 36.4 Å². The summed E-state index contributed by atoms with van der Waals surface area (Å²) in [4.78, 5) is 16.7. The number of amides is 1. The lowest BCUT2D eigenvalue weighted by atomic mass is 10.1. The van der Waals surface area contributed by atoms with Crippen molar-refractivity contribution in [1.82, 2.24) is 10.3 Å². The van der Waals surface area contributed by atoms with Crippen LogP contribution in [0.3, 0.4) is 0 Å². The van der Waals surface area contributed by atoms with Crippen molar-refractivity contribution in [2.45, 2.75) is 23.5 Å². The van der Waals surface area contributed by atoms with Crippen LogP contribution in [0.2, 0.25) is 0 Å². The van der Waals surface area contributed by atoms with E-state index in [0.717, 1.165) is 11.3 Å². The van der Waals surface area contributed by atoms with Gasteiger partial charge in [-0.15, -0.1) is 0 Å². The van der Waals surface area contributed by atoms with Gasteiger partial charge in [0.2, 0.25) is 5.91 Å². The highest BCUT2D eigenvalue weighted by Crippen LogP contribution is 2.28. The standard InChI is InChI=1S/C23H24N2O4S/c1-2-29-20-12-10-18(11-13-20)15-23(26)25-17-22(19-7-6-14-24-16-19)30(27,28)21-8-4-3-5-9-21/h3-14,16,22H,2,15,17H2,1H3,(H,25,26). The number of nitrogens with one attached hydrogen (secondary N) is 1. The van der Waals surface area contributed by atoms with Crippen LogP contribution in [-0.4, -0.2) is 32.5 Å². The van der Waals surface area contributed by atoms with E-state index in [2.05, 4.69) is 10.3 Å². The van der Waals surface area contributed by atoms with Crippen molar-refractivity contribution in [3.05, 3.63) is 90.3 Å². The Morgan fingerprint density at radius 2 is 1.77 bits per heavy atom. The first-order valence-electron chi connectivity index (χ1n) is 9.68. The fourth-order valence-corrected chi connectivity index (χ4v) is 4.74. The maximum atomic E-state index is 13.2. The molecule has 156 valence electrons. The maximum Gasteiger partial charge on any atom is 0.224 e. The molecule has 0 aliphatic rings. The molecule has 0 aliphatic heterocycles. The predicted octanol–water partition coefficient (Wildman–Crippen LogP) is 3.35. The molecule has 1 atom stereocenters. The van der Waals surface area contributed by atoms with Gasteiger partial charge in [0.1, 0.15) is 11.0 Å². The number of ether oxygens (including phenoxy) is 1. The number of hydrogen-bond donors (Lipinski definition) is 1. The van der Waals surface area contributed by atoms with Crippen LogP contribution in [-0.2, 0) is 21.1 Å². The molecule has 0 aliphatic carbocycles. The van der Waals surface area contributed by atoms with Crippen LogP contribution in [0.1, 0.15) is 23.3 Å². The van der Waals surface area contributed by atoms with Crippen molar-refractivity contribution in [3.8, 4) is 5.75 Å². The van der Waals surface area contributed by atoms with E-state index in [1.54, 1.807) is 48.7 Å². The number of pyridine rings is 1. The number of nitrogens with zero attached hydrogens (tertiary/aromatic N) is 1. The number of hydrogen-bond acceptors (Lipinski definition) is 5. The van der Waals surface area contributed by atoms with Gasteiger partial charge in [0, 0.05) is 18.9 Å². The molecule has 6 nitrogen and oxygen atoms in total. The molecule has 1 unspecified atom stereocenters. The lowest BCUT2D eigenvalue weighted by molar-refractivity contribution is -0.120. The summed E-state index contributed by atoms with van der Waals surface area (Å²) >= 11 is 0. The number of rotatable bonds is 9. The van der Waals surface area contributed by atoms with E-state index in [4.69, 9.17) is 4.74 Å². The zero-order chi connectivity index (χ0) is 21.4. The van der Waals surface area contributed by atoms with Gasteiger partial charge in [-0.2, -0.15) is 0 Å². The smallest absolute Gasteiger partial charge is 0.224 e. The van der Waals surface area contributed by atoms with E-state index < -0.39 is 15.1 Å². The average Bonchev–Trinajstić information content (AvgIpc) is 2.77. The van der Waals surface area contributed by atoms with E-state index in [0.29, 0.717) is 12.2 Å². The van der Waals surface area contributed by atoms with Gasteiger partial charge in [-0.25, -0.2) is 8.42 Å². The number of sulfone groups is 1. The van der Waals surface area contributed by atoms with E-state index in [1.165, 1.54) is 6.20 Å². The van der Waals surface area contributed by atoms with Crippen molar-refractivity contribution < 1.29 is 17.9 Å². The first-order chi connectivity index (χ1) is 14.5. The Morgan fingerprint density at radius 1 is 1.03 bits per heavy atom. The Hall–Kier alpha value is -3.19. The van der Waals surface area contributed by atoms with Crippen LogP contribution in [0.4, 0.5) is 0 Å². The number of benzene rings is 2. The largest absolute Gasteiger partial charge is 0.494 e. The second-order valence-electron chi connectivity index (χ2n) is 6.69. The van der Waals surface area contributed by atoms with Crippen molar-refractivity contribution >= 4 is 15.7 Å². The molecule has 0 radical (unpaired) electrons. The van der Waals surface area contributed by atoms with E-state index in [-0.39, 0.29) is 23.8 Å². The first kappa shape index (κ1) is 21.5. The molecule has 2 aromatic carbocycles. The normalized spacial score (nSPS) is 12.2. The fraction of sp³-hybridized carbons (Fsp3) is 0.217. The average molecular weight is 425 g/mol. The molecule has 1 heterocycles. The van der Waals surface area contributed by atoms with Gasteiger partial charge in [0.15, 0.2) is 9.84 Å².